The van der Waals surface area contributed by atoms with Crippen LogP contribution in [0.4, 0.5) is 0 Å². The number of rotatable bonds is 1. The molecule has 0 bridgehead atoms. The minimum absolute atomic E-state index is 0.190. The molecule has 0 unspecified atom stereocenters. The first-order valence-corrected chi connectivity index (χ1v) is 4.31. The molecule has 0 aliphatic heterocycles. The molecule has 1 aliphatic carbocycles. The van der Waals surface area contributed by atoms with Gasteiger partial charge in [-0.3, -0.25) is 4.79 Å². The third-order valence-electron chi connectivity index (χ3n) is 1.58. The average Bonchev–Trinajstić information content (AvgIpc) is 1.79. The van der Waals surface area contributed by atoms with Crippen molar-refractivity contribution in [1.29, 1.82) is 0 Å². The molecule has 1 saturated carbocycles. The maximum atomic E-state index is 11.2. The molecular formula is C10H14O3. The molecule has 0 N–H and O–H groups in total. The van der Waals surface area contributed by atoms with E-state index in [-0.39, 0.29) is 11.8 Å². The molecule has 3 nitrogen and oxygen atoms in total. The summed E-state index contributed by atoms with van der Waals surface area (Å²) in [5.41, 5.74) is 0.418. The molecule has 13 heavy (non-hydrogen) atoms. The minimum Gasteiger partial charge on any atom is -0.457 e. The van der Waals surface area contributed by atoms with Crippen LogP contribution >= 0.6 is 0 Å². The lowest BCUT2D eigenvalue weighted by Crippen LogP contribution is -2.24. The molecule has 1 aliphatic rings. The quantitative estimate of drug-likeness (QED) is 0.457. The number of carbonyl (C=O) groups is 2. The van der Waals surface area contributed by atoms with Gasteiger partial charge in [0.2, 0.25) is 0 Å². The Morgan fingerprint density at radius 1 is 1.38 bits per heavy atom. The van der Waals surface area contributed by atoms with Crippen molar-refractivity contribution in [3.63, 3.8) is 0 Å². The molecule has 72 valence electrons. The van der Waals surface area contributed by atoms with E-state index in [4.69, 9.17) is 4.74 Å². The van der Waals surface area contributed by atoms with E-state index in [1.165, 1.54) is 6.08 Å². The van der Waals surface area contributed by atoms with E-state index in [9.17, 15) is 9.59 Å². The monoisotopic (exact) mass is 182 g/mol. The third kappa shape index (κ3) is 3.40. The van der Waals surface area contributed by atoms with Crippen molar-refractivity contribution in [3.8, 4) is 0 Å². The number of carbonyl (C=O) groups excluding carboxylic acids is 2. The lowest BCUT2D eigenvalue weighted by Gasteiger charge is -2.20. The van der Waals surface area contributed by atoms with Crippen molar-refractivity contribution < 1.29 is 14.3 Å². The van der Waals surface area contributed by atoms with Crippen LogP contribution in [0.3, 0.4) is 0 Å². The fourth-order valence-electron chi connectivity index (χ4n) is 1.05. The zero-order valence-corrected chi connectivity index (χ0v) is 8.22. The largest absolute Gasteiger partial charge is 0.457 e. The Morgan fingerprint density at radius 3 is 2.31 bits per heavy atom. The Kier molecular flexibility index (Phi) is 2.55. The predicted molar refractivity (Wildman–Crippen MR) is 48.2 cm³/mol. The van der Waals surface area contributed by atoms with Gasteiger partial charge in [0.1, 0.15) is 11.4 Å². The Balaban J connectivity index is 2.42. The summed E-state index contributed by atoms with van der Waals surface area (Å²) in [6, 6.07) is 0. The van der Waals surface area contributed by atoms with Gasteiger partial charge in [-0.25, -0.2) is 4.79 Å². The van der Waals surface area contributed by atoms with Crippen LogP contribution in [0.25, 0.3) is 0 Å². The molecule has 1 rings (SSSR count). The van der Waals surface area contributed by atoms with Crippen molar-refractivity contribution in [1.82, 2.24) is 0 Å². The van der Waals surface area contributed by atoms with Gasteiger partial charge in [0.15, 0.2) is 0 Å². The van der Waals surface area contributed by atoms with E-state index in [1.54, 1.807) is 0 Å². The maximum absolute atomic E-state index is 11.2. The smallest absolute Gasteiger partial charge is 0.331 e. The summed E-state index contributed by atoms with van der Waals surface area (Å²) in [6.45, 7) is 5.44. The Bertz CT molecular complexity index is 258. The van der Waals surface area contributed by atoms with Crippen molar-refractivity contribution >= 4 is 11.8 Å². The van der Waals surface area contributed by atoms with Gasteiger partial charge in [-0.05, 0) is 26.3 Å². The highest BCUT2D eigenvalue weighted by Crippen LogP contribution is 2.21. The fraction of sp³-hybridized carbons (Fsp3) is 0.600. The Labute approximate surface area is 77.8 Å². The van der Waals surface area contributed by atoms with E-state index in [1.807, 2.05) is 20.8 Å². The van der Waals surface area contributed by atoms with Crippen LogP contribution in [0.15, 0.2) is 11.6 Å². The molecule has 3 heteroatoms. The number of Topliss-reactive ketones (excluding diaryl/α,β-unsaturated/α-hetero) is 1. The van der Waals surface area contributed by atoms with Gasteiger partial charge in [0.25, 0.3) is 0 Å². The van der Waals surface area contributed by atoms with Crippen LogP contribution in [0, 0.1) is 0 Å². The topological polar surface area (TPSA) is 43.4 Å². The summed E-state index contributed by atoms with van der Waals surface area (Å²) in [7, 11) is 0. The molecule has 0 aromatic rings. The first-order valence-electron chi connectivity index (χ1n) is 4.31. The molecule has 0 radical (unpaired) electrons. The number of esters is 1. The van der Waals surface area contributed by atoms with Gasteiger partial charge in [-0.15, -0.1) is 0 Å². The molecular weight excluding hydrogens is 168 g/mol. The second-order valence-electron chi connectivity index (χ2n) is 4.23. The Hall–Kier alpha value is -1.12. The SMILES string of the molecule is CC(C)(C)OC(=O)C=C1CC(=O)C1. The normalized spacial score (nSPS) is 16.5. The van der Waals surface area contributed by atoms with Crippen molar-refractivity contribution in [2.75, 3.05) is 0 Å². The summed E-state index contributed by atoms with van der Waals surface area (Å²) >= 11 is 0. The second-order valence-corrected chi connectivity index (χ2v) is 4.23. The minimum atomic E-state index is -0.456. The molecule has 1 fully saturated rings. The molecule has 0 heterocycles. The van der Waals surface area contributed by atoms with E-state index >= 15 is 0 Å². The summed E-state index contributed by atoms with van der Waals surface area (Å²) in [5.74, 6) is -0.162. The summed E-state index contributed by atoms with van der Waals surface area (Å²) in [5, 5.41) is 0. The van der Waals surface area contributed by atoms with Gasteiger partial charge < -0.3 is 4.74 Å². The van der Waals surface area contributed by atoms with Gasteiger partial charge in [0, 0.05) is 18.9 Å². The number of hydrogen-bond acceptors (Lipinski definition) is 3. The van der Waals surface area contributed by atoms with Gasteiger partial charge >= 0.3 is 5.97 Å². The first kappa shape index (κ1) is 9.96. The summed E-state index contributed by atoms with van der Waals surface area (Å²) in [6.07, 6.45) is 2.26. The van der Waals surface area contributed by atoms with Crippen LogP contribution in [0.1, 0.15) is 33.6 Å². The second kappa shape index (κ2) is 3.32. The first-order chi connectivity index (χ1) is 5.87. The van der Waals surface area contributed by atoms with E-state index in [0.717, 1.165) is 5.57 Å². The molecule has 0 spiro atoms. The summed E-state index contributed by atoms with van der Waals surface area (Å²) in [4.78, 5) is 21.7. The highest BCUT2D eigenvalue weighted by Gasteiger charge is 2.21. The Morgan fingerprint density at radius 2 is 1.92 bits per heavy atom. The molecule has 0 atom stereocenters. The van der Waals surface area contributed by atoms with Gasteiger partial charge in [0.05, 0.1) is 0 Å². The number of ether oxygens (including phenoxy) is 1. The zero-order chi connectivity index (χ0) is 10.1. The molecule has 0 aromatic heterocycles. The maximum Gasteiger partial charge on any atom is 0.331 e. The van der Waals surface area contributed by atoms with E-state index in [2.05, 4.69) is 0 Å². The van der Waals surface area contributed by atoms with Crippen LogP contribution in [0.5, 0.6) is 0 Å². The molecule has 0 aromatic carbocycles. The number of ketones is 1. The lowest BCUT2D eigenvalue weighted by molar-refractivity contribution is -0.148. The zero-order valence-electron chi connectivity index (χ0n) is 8.22. The van der Waals surface area contributed by atoms with Crippen molar-refractivity contribution in [2.24, 2.45) is 0 Å². The standard InChI is InChI=1S/C10H14O3/c1-10(2,3)13-9(12)6-7-4-8(11)5-7/h6H,4-5H2,1-3H3. The van der Waals surface area contributed by atoms with Crippen molar-refractivity contribution in [2.45, 2.75) is 39.2 Å². The average molecular weight is 182 g/mol. The molecule has 0 amide bonds. The fourth-order valence-corrected chi connectivity index (χ4v) is 1.05. The van der Waals surface area contributed by atoms with Crippen LogP contribution in [-0.2, 0) is 14.3 Å². The van der Waals surface area contributed by atoms with Crippen molar-refractivity contribution in [3.05, 3.63) is 11.6 Å². The highest BCUT2D eigenvalue weighted by molar-refractivity contribution is 5.95. The number of allylic oxidation sites excluding steroid dienone is 1. The van der Waals surface area contributed by atoms with Gasteiger partial charge in [-0.1, -0.05) is 0 Å². The van der Waals surface area contributed by atoms with Gasteiger partial charge in [-0.2, -0.15) is 0 Å². The van der Waals surface area contributed by atoms with Crippen LogP contribution in [0.2, 0.25) is 0 Å². The highest BCUT2D eigenvalue weighted by atomic mass is 16.6. The lowest BCUT2D eigenvalue weighted by atomic mass is 9.90. The third-order valence-corrected chi connectivity index (χ3v) is 1.58. The van der Waals surface area contributed by atoms with Crippen LogP contribution in [-0.4, -0.2) is 17.4 Å². The van der Waals surface area contributed by atoms with E-state index in [0.29, 0.717) is 12.8 Å². The van der Waals surface area contributed by atoms with Crippen LogP contribution < -0.4 is 0 Å². The summed E-state index contributed by atoms with van der Waals surface area (Å²) < 4.78 is 5.05. The molecule has 0 saturated heterocycles. The predicted octanol–water partition coefficient (Wildman–Crippen LogP) is 1.62. The number of hydrogen-bond donors (Lipinski definition) is 0. The van der Waals surface area contributed by atoms with E-state index < -0.39 is 5.60 Å².